The Labute approximate surface area is 283 Å². The van der Waals surface area contributed by atoms with Crippen LogP contribution in [0.5, 0.6) is 0 Å². The average molecular weight is 634 g/mol. The second kappa shape index (κ2) is 11.7. The quantitative estimate of drug-likeness (QED) is 0.188. The van der Waals surface area contributed by atoms with Gasteiger partial charge in [0.25, 0.3) is 0 Å². The van der Waals surface area contributed by atoms with Crippen LogP contribution in [0.25, 0.3) is 88.6 Å². The Morgan fingerprint density at radius 2 is 0.875 bits per heavy atom. The maximum Gasteiger partial charge on any atom is 0.227 e. The molecule has 2 nitrogen and oxygen atoms in total. The van der Waals surface area contributed by atoms with Crippen LogP contribution in [0, 0.1) is 0 Å². The fraction of sp³-hybridized carbons (Fsp3) is 0. The van der Waals surface area contributed by atoms with E-state index in [1.54, 1.807) is 0 Å². The van der Waals surface area contributed by atoms with Gasteiger partial charge in [0.15, 0.2) is 5.58 Å². The summed E-state index contributed by atoms with van der Waals surface area (Å²) in [5, 5.41) is 5.64. The molecule has 226 valence electrons. The van der Waals surface area contributed by atoms with Gasteiger partial charge in [-0.05, 0) is 96.9 Å². The van der Waals surface area contributed by atoms with E-state index in [1.165, 1.54) is 43.8 Å². The summed E-state index contributed by atoms with van der Waals surface area (Å²) in [6.45, 7) is 0. The molecule has 0 aliphatic heterocycles. The van der Waals surface area contributed by atoms with Gasteiger partial charge in [0.1, 0.15) is 5.52 Å². The molecule has 0 amide bonds. The molecule has 0 fully saturated rings. The van der Waals surface area contributed by atoms with Gasteiger partial charge >= 0.3 is 0 Å². The molecule has 0 aliphatic carbocycles. The van der Waals surface area contributed by atoms with E-state index in [1.807, 2.05) is 30.3 Å². The van der Waals surface area contributed by atoms with Crippen LogP contribution in [0.3, 0.4) is 0 Å². The standard InChI is InChI=1S/C45H28ClNO/c46-36-25-23-35(24-26-36)45-47-44-42(48-45)28-27-41(33-17-15-31(16-18-33)39-13-5-9-29-7-1-3-11-37(29)39)43(44)34-21-19-32(20-22-34)40-14-6-10-30-8-2-4-12-38(30)40/h1-28H. The van der Waals surface area contributed by atoms with E-state index in [4.69, 9.17) is 21.0 Å². The number of oxazole rings is 1. The summed E-state index contributed by atoms with van der Waals surface area (Å²) < 4.78 is 6.35. The number of fused-ring (bicyclic) bond motifs is 3. The molecule has 0 unspecified atom stereocenters. The second-order valence-electron chi connectivity index (χ2n) is 12.1. The minimum atomic E-state index is 0.568. The SMILES string of the molecule is Clc1ccc(-c2nc3c(-c4ccc(-c5cccc6ccccc56)cc4)c(-c4ccc(-c5cccc6ccccc56)cc4)ccc3o2)cc1. The van der Waals surface area contributed by atoms with Crippen molar-refractivity contribution in [1.82, 2.24) is 4.98 Å². The summed E-state index contributed by atoms with van der Waals surface area (Å²) in [7, 11) is 0. The maximum absolute atomic E-state index is 6.35. The lowest BCUT2D eigenvalue weighted by atomic mass is 9.90. The van der Waals surface area contributed by atoms with Crippen molar-refractivity contribution < 1.29 is 4.42 Å². The molecule has 0 radical (unpaired) electrons. The third kappa shape index (κ3) is 4.95. The minimum Gasteiger partial charge on any atom is -0.436 e. The first-order valence-corrected chi connectivity index (χ1v) is 16.4. The van der Waals surface area contributed by atoms with Gasteiger partial charge in [-0.3, -0.25) is 0 Å². The highest BCUT2D eigenvalue weighted by molar-refractivity contribution is 6.30. The van der Waals surface area contributed by atoms with Crippen LogP contribution >= 0.6 is 11.6 Å². The van der Waals surface area contributed by atoms with Crippen molar-refractivity contribution in [2.24, 2.45) is 0 Å². The van der Waals surface area contributed by atoms with Crippen LogP contribution in [0.15, 0.2) is 174 Å². The van der Waals surface area contributed by atoms with Crippen LogP contribution in [0.2, 0.25) is 5.02 Å². The number of nitrogens with zero attached hydrogens (tertiary/aromatic N) is 1. The van der Waals surface area contributed by atoms with E-state index < -0.39 is 0 Å². The van der Waals surface area contributed by atoms with Gasteiger partial charge in [0.2, 0.25) is 5.89 Å². The Hall–Kier alpha value is -5.96. The molecule has 48 heavy (non-hydrogen) atoms. The molecule has 0 atom stereocenters. The number of aromatic nitrogens is 1. The van der Waals surface area contributed by atoms with E-state index in [0.717, 1.165) is 38.9 Å². The summed E-state index contributed by atoms with van der Waals surface area (Å²) in [4.78, 5) is 5.09. The summed E-state index contributed by atoms with van der Waals surface area (Å²) >= 11 is 6.19. The number of hydrogen-bond acceptors (Lipinski definition) is 2. The van der Waals surface area contributed by atoms with Crippen LogP contribution in [-0.4, -0.2) is 4.98 Å². The number of rotatable bonds is 5. The molecule has 1 heterocycles. The molecular formula is C45H28ClNO. The first-order valence-electron chi connectivity index (χ1n) is 16.1. The van der Waals surface area contributed by atoms with Gasteiger partial charge in [0.05, 0.1) is 0 Å². The van der Waals surface area contributed by atoms with Crippen LogP contribution in [0.1, 0.15) is 0 Å². The molecule has 0 saturated heterocycles. The smallest absolute Gasteiger partial charge is 0.227 e. The van der Waals surface area contributed by atoms with Crippen LogP contribution < -0.4 is 0 Å². The molecule has 3 heteroatoms. The molecule has 0 N–H and O–H groups in total. The Morgan fingerprint density at radius 1 is 0.396 bits per heavy atom. The monoisotopic (exact) mass is 633 g/mol. The molecule has 0 bridgehead atoms. The molecule has 0 saturated carbocycles. The van der Waals surface area contributed by atoms with E-state index >= 15 is 0 Å². The Morgan fingerprint density at radius 3 is 1.46 bits per heavy atom. The number of halogens is 1. The molecule has 9 rings (SSSR count). The number of benzene rings is 8. The van der Waals surface area contributed by atoms with E-state index in [0.29, 0.717) is 10.9 Å². The van der Waals surface area contributed by atoms with Crippen molar-refractivity contribution >= 4 is 44.2 Å². The normalized spacial score (nSPS) is 11.4. The predicted molar refractivity (Wildman–Crippen MR) is 201 cm³/mol. The topological polar surface area (TPSA) is 26.0 Å². The van der Waals surface area contributed by atoms with Gasteiger partial charge in [0, 0.05) is 16.1 Å². The molecular weight excluding hydrogens is 606 g/mol. The fourth-order valence-electron chi connectivity index (χ4n) is 6.84. The van der Waals surface area contributed by atoms with Crippen LogP contribution in [-0.2, 0) is 0 Å². The zero-order valence-corrected chi connectivity index (χ0v) is 26.7. The lowest BCUT2D eigenvalue weighted by molar-refractivity contribution is 0.620. The fourth-order valence-corrected chi connectivity index (χ4v) is 6.97. The van der Waals surface area contributed by atoms with Crippen molar-refractivity contribution in [2.75, 3.05) is 0 Å². The van der Waals surface area contributed by atoms with E-state index in [9.17, 15) is 0 Å². The molecule has 1 aromatic heterocycles. The van der Waals surface area contributed by atoms with Crippen molar-refractivity contribution in [3.8, 4) is 56.0 Å². The van der Waals surface area contributed by atoms with Crippen molar-refractivity contribution in [3.63, 3.8) is 0 Å². The lowest BCUT2D eigenvalue weighted by Gasteiger charge is -2.13. The molecule has 0 aliphatic rings. The van der Waals surface area contributed by atoms with E-state index in [2.05, 4.69) is 140 Å². The van der Waals surface area contributed by atoms with Gasteiger partial charge < -0.3 is 4.42 Å². The van der Waals surface area contributed by atoms with Crippen LogP contribution in [0.4, 0.5) is 0 Å². The molecule has 0 spiro atoms. The Bertz CT molecular complexity index is 2590. The maximum atomic E-state index is 6.35. The van der Waals surface area contributed by atoms with Gasteiger partial charge in [-0.25, -0.2) is 4.98 Å². The third-order valence-corrected chi connectivity index (χ3v) is 9.47. The van der Waals surface area contributed by atoms with Crippen molar-refractivity contribution in [3.05, 3.63) is 175 Å². The van der Waals surface area contributed by atoms with Crippen molar-refractivity contribution in [1.29, 1.82) is 0 Å². The highest BCUT2D eigenvalue weighted by atomic mass is 35.5. The predicted octanol–water partition coefficient (Wildman–Crippen LogP) is 13.1. The van der Waals surface area contributed by atoms with Crippen molar-refractivity contribution in [2.45, 2.75) is 0 Å². The number of hydrogen-bond donors (Lipinski definition) is 0. The van der Waals surface area contributed by atoms with Gasteiger partial charge in [-0.1, -0.05) is 145 Å². The largest absolute Gasteiger partial charge is 0.436 e. The summed E-state index contributed by atoms with van der Waals surface area (Å²) in [6, 6.07) is 59.5. The van der Waals surface area contributed by atoms with Gasteiger partial charge in [-0.15, -0.1) is 0 Å². The minimum absolute atomic E-state index is 0.568. The lowest BCUT2D eigenvalue weighted by Crippen LogP contribution is -1.89. The first-order chi connectivity index (χ1) is 23.7. The summed E-state index contributed by atoms with van der Waals surface area (Å²) in [5.74, 6) is 0.568. The van der Waals surface area contributed by atoms with Gasteiger partial charge in [-0.2, -0.15) is 0 Å². The second-order valence-corrected chi connectivity index (χ2v) is 12.5. The zero-order chi connectivity index (χ0) is 32.0. The summed E-state index contributed by atoms with van der Waals surface area (Å²) in [6.07, 6.45) is 0. The highest BCUT2D eigenvalue weighted by Gasteiger charge is 2.19. The Kier molecular flexibility index (Phi) is 6.88. The third-order valence-electron chi connectivity index (χ3n) is 9.22. The zero-order valence-electron chi connectivity index (χ0n) is 25.9. The first kappa shape index (κ1) is 28.3. The highest BCUT2D eigenvalue weighted by Crippen LogP contribution is 2.41. The Balaban J connectivity index is 1.19. The average Bonchev–Trinajstić information content (AvgIpc) is 3.59. The van der Waals surface area contributed by atoms with E-state index in [-0.39, 0.29) is 0 Å². The molecule has 9 aromatic rings. The summed E-state index contributed by atoms with van der Waals surface area (Å²) in [5.41, 5.74) is 11.6. The molecule has 8 aromatic carbocycles.